The zero-order chi connectivity index (χ0) is 17.1. The molecule has 3 heteroatoms. The molecule has 2 nitrogen and oxygen atoms in total. The fraction of sp³-hybridized carbons (Fsp3) is 0.0455. The predicted molar refractivity (Wildman–Crippen MR) is 103 cm³/mol. The zero-order valence-corrected chi connectivity index (χ0v) is 14.3. The smallest absolute Gasteiger partial charge is 0.0954 e. The number of halogens is 1. The Morgan fingerprint density at radius 2 is 1.32 bits per heavy atom. The van der Waals surface area contributed by atoms with Crippen LogP contribution in [0.5, 0.6) is 0 Å². The van der Waals surface area contributed by atoms with Crippen molar-refractivity contribution in [2.45, 2.75) is 6.04 Å². The van der Waals surface area contributed by atoms with Gasteiger partial charge in [0, 0.05) is 17.4 Å². The summed E-state index contributed by atoms with van der Waals surface area (Å²) >= 11 is 6.06. The Hall–Kier alpha value is -2.84. The highest BCUT2D eigenvalue weighted by atomic mass is 35.5. The van der Waals surface area contributed by atoms with Crippen LogP contribution in [0.3, 0.4) is 0 Å². The number of hydrogen-bond acceptors (Lipinski definition) is 1. The molecule has 0 N–H and O–H groups in total. The summed E-state index contributed by atoms with van der Waals surface area (Å²) in [6.45, 7) is 0. The third-order valence-electron chi connectivity index (χ3n) is 4.34. The van der Waals surface area contributed by atoms with Crippen molar-refractivity contribution in [3.63, 3.8) is 0 Å². The average Bonchev–Trinajstić information content (AvgIpc) is 3.19. The van der Waals surface area contributed by atoms with E-state index in [0.29, 0.717) is 0 Å². The fourth-order valence-electron chi connectivity index (χ4n) is 3.09. The van der Waals surface area contributed by atoms with Crippen LogP contribution < -0.4 is 0 Å². The molecule has 122 valence electrons. The van der Waals surface area contributed by atoms with Crippen molar-refractivity contribution >= 4 is 11.6 Å². The Morgan fingerprint density at radius 3 is 1.92 bits per heavy atom. The maximum atomic E-state index is 6.06. The Morgan fingerprint density at radius 1 is 0.720 bits per heavy atom. The number of rotatable bonds is 4. The molecular weight excluding hydrogens is 328 g/mol. The van der Waals surface area contributed by atoms with Gasteiger partial charge in [-0.2, -0.15) is 0 Å². The first kappa shape index (κ1) is 15.7. The molecule has 0 saturated heterocycles. The average molecular weight is 345 g/mol. The van der Waals surface area contributed by atoms with Crippen molar-refractivity contribution in [1.82, 2.24) is 9.55 Å². The SMILES string of the molecule is Clc1ccc(C(c2ccc(-c3ccccc3)cc2)n2ccnc2)cc1. The molecule has 0 radical (unpaired) electrons. The maximum Gasteiger partial charge on any atom is 0.0954 e. The van der Waals surface area contributed by atoms with Gasteiger partial charge < -0.3 is 4.57 Å². The molecule has 0 bridgehead atoms. The molecule has 1 aromatic heterocycles. The Labute approximate surface area is 152 Å². The Balaban J connectivity index is 1.74. The van der Waals surface area contributed by atoms with Crippen molar-refractivity contribution in [2.75, 3.05) is 0 Å². The van der Waals surface area contributed by atoms with Gasteiger partial charge in [0.15, 0.2) is 0 Å². The van der Waals surface area contributed by atoms with Crippen molar-refractivity contribution in [3.05, 3.63) is 114 Å². The minimum Gasteiger partial charge on any atom is -0.326 e. The van der Waals surface area contributed by atoms with Crippen molar-refractivity contribution < 1.29 is 0 Å². The molecule has 4 rings (SSSR count). The second-order valence-electron chi connectivity index (χ2n) is 5.95. The summed E-state index contributed by atoms with van der Waals surface area (Å²) in [5, 5.41) is 0.743. The van der Waals surface area contributed by atoms with Gasteiger partial charge in [-0.05, 0) is 34.4 Å². The van der Waals surface area contributed by atoms with E-state index in [4.69, 9.17) is 11.6 Å². The Kier molecular flexibility index (Phi) is 4.36. The van der Waals surface area contributed by atoms with Crippen LogP contribution in [-0.4, -0.2) is 9.55 Å². The quantitative estimate of drug-likeness (QED) is 0.454. The molecule has 1 heterocycles. The summed E-state index contributed by atoms with van der Waals surface area (Å²) < 4.78 is 2.11. The number of hydrogen-bond donors (Lipinski definition) is 0. The molecule has 0 fully saturated rings. The van der Waals surface area contributed by atoms with Crippen LogP contribution in [-0.2, 0) is 0 Å². The summed E-state index contributed by atoms with van der Waals surface area (Å²) in [5.74, 6) is 0. The summed E-state index contributed by atoms with van der Waals surface area (Å²) in [7, 11) is 0. The van der Waals surface area contributed by atoms with E-state index in [1.54, 1.807) is 6.20 Å². The third kappa shape index (κ3) is 3.35. The van der Waals surface area contributed by atoms with Crippen LogP contribution in [0, 0.1) is 0 Å². The summed E-state index contributed by atoms with van der Waals surface area (Å²) in [6.07, 6.45) is 5.65. The second kappa shape index (κ2) is 6.96. The fourth-order valence-corrected chi connectivity index (χ4v) is 3.22. The predicted octanol–water partition coefficient (Wildman–Crippen LogP) is 5.84. The number of nitrogens with zero attached hydrogens (tertiary/aromatic N) is 2. The van der Waals surface area contributed by atoms with Gasteiger partial charge in [0.1, 0.15) is 0 Å². The molecule has 3 aromatic carbocycles. The minimum atomic E-state index is 0.0737. The standard InChI is InChI=1S/C22H17ClN2/c23-21-12-10-20(11-13-21)22(25-15-14-24-16-25)19-8-6-18(7-9-19)17-4-2-1-3-5-17/h1-16,22H. The number of aromatic nitrogens is 2. The summed E-state index contributed by atoms with van der Waals surface area (Å²) in [4.78, 5) is 4.21. The van der Waals surface area contributed by atoms with E-state index in [2.05, 4.69) is 70.2 Å². The minimum absolute atomic E-state index is 0.0737. The highest BCUT2D eigenvalue weighted by molar-refractivity contribution is 6.30. The van der Waals surface area contributed by atoms with Crippen LogP contribution in [0.4, 0.5) is 0 Å². The van der Waals surface area contributed by atoms with E-state index in [1.165, 1.54) is 22.3 Å². The van der Waals surface area contributed by atoms with E-state index in [0.717, 1.165) is 5.02 Å². The molecule has 1 atom stereocenters. The molecule has 4 aromatic rings. The van der Waals surface area contributed by atoms with E-state index in [9.17, 15) is 0 Å². The largest absolute Gasteiger partial charge is 0.326 e. The lowest BCUT2D eigenvalue weighted by Crippen LogP contribution is -2.10. The van der Waals surface area contributed by atoms with Gasteiger partial charge in [0.25, 0.3) is 0 Å². The highest BCUT2D eigenvalue weighted by Gasteiger charge is 2.16. The van der Waals surface area contributed by atoms with Crippen molar-refractivity contribution in [1.29, 1.82) is 0 Å². The second-order valence-corrected chi connectivity index (χ2v) is 6.39. The van der Waals surface area contributed by atoms with Gasteiger partial charge >= 0.3 is 0 Å². The first-order valence-corrected chi connectivity index (χ1v) is 8.57. The molecule has 25 heavy (non-hydrogen) atoms. The molecule has 0 amide bonds. The first-order valence-electron chi connectivity index (χ1n) is 8.19. The van der Waals surface area contributed by atoms with E-state index >= 15 is 0 Å². The van der Waals surface area contributed by atoms with Crippen LogP contribution in [0.1, 0.15) is 17.2 Å². The van der Waals surface area contributed by atoms with Gasteiger partial charge in [-0.25, -0.2) is 4.98 Å². The van der Waals surface area contributed by atoms with Crippen molar-refractivity contribution in [2.24, 2.45) is 0 Å². The third-order valence-corrected chi connectivity index (χ3v) is 4.59. The lowest BCUT2D eigenvalue weighted by molar-refractivity contribution is 0.677. The zero-order valence-electron chi connectivity index (χ0n) is 13.6. The normalized spacial score (nSPS) is 12.0. The highest BCUT2D eigenvalue weighted by Crippen LogP contribution is 2.29. The monoisotopic (exact) mass is 344 g/mol. The van der Waals surface area contributed by atoms with E-state index in [-0.39, 0.29) is 6.04 Å². The lowest BCUT2D eigenvalue weighted by atomic mass is 9.96. The Bertz CT molecular complexity index is 928. The summed E-state index contributed by atoms with van der Waals surface area (Å²) in [5.41, 5.74) is 4.82. The molecule has 0 aliphatic heterocycles. The van der Waals surface area contributed by atoms with Crippen LogP contribution in [0.2, 0.25) is 5.02 Å². The van der Waals surface area contributed by atoms with E-state index < -0.39 is 0 Å². The first-order chi connectivity index (χ1) is 12.3. The molecule has 1 unspecified atom stereocenters. The molecular formula is C22H17ClN2. The van der Waals surface area contributed by atoms with Gasteiger partial charge in [-0.3, -0.25) is 0 Å². The number of imidazole rings is 1. The van der Waals surface area contributed by atoms with Crippen LogP contribution in [0.25, 0.3) is 11.1 Å². The van der Waals surface area contributed by atoms with Gasteiger partial charge in [0.05, 0.1) is 12.4 Å². The summed E-state index contributed by atoms with van der Waals surface area (Å²) in [6, 6.07) is 27.2. The van der Waals surface area contributed by atoms with Crippen LogP contribution >= 0.6 is 11.6 Å². The van der Waals surface area contributed by atoms with Crippen molar-refractivity contribution in [3.8, 4) is 11.1 Å². The van der Waals surface area contributed by atoms with Crippen LogP contribution in [0.15, 0.2) is 97.6 Å². The van der Waals surface area contributed by atoms with Gasteiger partial charge in [-0.15, -0.1) is 0 Å². The molecule has 0 saturated carbocycles. The van der Waals surface area contributed by atoms with Gasteiger partial charge in [0.2, 0.25) is 0 Å². The molecule has 0 aliphatic carbocycles. The molecule has 0 aliphatic rings. The number of benzene rings is 3. The topological polar surface area (TPSA) is 17.8 Å². The lowest BCUT2D eigenvalue weighted by Gasteiger charge is -2.20. The maximum absolute atomic E-state index is 6.06. The van der Waals surface area contributed by atoms with Gasteiger partial charge in [-0.1, -0.05) is 78.3 Å². The molecule has 0 spiro atoms. The van der Waals surface area contributed by atoms with E-state index in [1.807, 2.05) is 30.7 Å².